The molecule has 132 valence electrons. The summed E-state index contributed by atoms with van der Waals surface area (Å²) in [6.07, 6.45) is 3.10. The number of hydrogen-bond acceptors (Lipinski definition) is 1. The molecule has 0 fully saturated rings. The van der Waals surface area contributed by atoms with Crippen LogP contribution in [0.4, 0.5) is 5.69 Å². The molecule has 0 aliphatic rings. The van der Waals surface area contributed by atoms with Crippen LogP contribution in [0.5, 0.6) is 0 Å². The third kappa shape index (κ3) is 3.15. The first-order chi connectivity index (χ1) is 15.5. The first kappa shape index (κ1) is 10.3. The number of rotatable bonds is 4. The molecule has 3 heteroatoms. The summed E-state index contributed by atoms with van der Waals surface area (Å²) in [5.74, 6) is -2.79. The number of hydrogen-bond donors (Lipinski definition) is 0. The van der Waals surface area contributed by atoms with E-state index >= 15 is 0 Å². The molecule has 0 aliphatic carbocycles. The molecule has 0 N–H and O–H groups in total. The van der Waals surface area contributed by atoms with Gasteiger partial charge in [-0.15, -0.1) is 0 Å². The maximum absolute atomic E-state index is 8.74. The molecule has 3 aromatic rings. The normalized spacial score (nSPS) is 19.3. The average molecular weight is 352 g/mol. The second kappa shape index (κ2) is 7.17. The monoisotopic (exact) mass is 351 g/mol. The van der Waals surface area contributed by atoms with Crippen molar-refractivity contribution in [2.45, 2.75) is 46.3 Å². The van der Waals surface area contributed by atoms with Gasteiger partial charge < -0.3 is 0 Å². The van der Waals surface area contributed by atoms with Gasteiger partial charge in [0.25, 0.3) is 0 Å². The maximum Gasteiger partial charge on any atom is 0.190 e. The van der Waals surface area contributed by atoms with Crippen LogP contribution in [0.2, 0.25) is 0 Å². The van der Waals surface area contributed by atoms with Gasteiger partial charge in [-0.2, -0.15) is 0 Å². The van der Waals surface area contributed by atoms with Crippen LogP contribution in [0.15, 0.2) is 48.8 Å². The van der Waals surface area contributed by atoms with Crippen molar-refractivity contribution in [1.29, 1.82) is 0 Å². The molecule has 0 amide bonds. The zero-order valence-electron chi connectivity index (χ0n) is 23.0. The summed E-state index contributed by atoms with van der Waals surface area (Å²) >= 11 is 0. The van der Waals surface area contributed by atoms with Gasteiger partial charge in [-0.3, -0.25) is 4.57 Å². The van der Waals surface area contributed by atoms with E-state index in [1.54, 1.807) is 48.9 Å². The van der Waals surface area contributed by atoms with Crippen molar-refractivity contribution in [3.05, 3.63) is 76.9 Å². The van der Waals surface area contributed by atoms with Gasteiger partial charge in [0.15, 0.2) is 5.69 Å². The SMILES string of the molecule is [2H]C([2H])([2H])c1ccc(-c2nccn2-c2c(C([2H])(C)C)cccc2C([2H])(C)C([2H])([2H])[2H])cc1[N+]#[C-]. The first-order valence-electron chi connectivity index (χ1n) is 12.2. The van der Waals surface area contributed by atoms with E-state index in [1.807, 2.05) is 0 Å². The largest absolute Gasteiger partial charge is 0.299 e. The van der Waals surface area contributed by atoms with Crippen molar-refractivity contribution in [3.8, 4) is 17.1 Å². The summed E-state index contributed by atoms with van der Waals surface area (Å²) in [5, 5.41) is 0. The van der Waals surface area contributed by atoms with Crippen molar-refractivity contribution in [2.24, 2.45) is 0 Å². The molecule has 0 bridgehead atoms. The fraction of sp³-hybridized carbons (Fsp3) is 0.304. The van der Waals surface area contributed by atoms with Crippen LogP contribution in [0.3, 0.4) is 0 Å². The van der Waals surface area contributed by atoms with Gasteiger partial charge in [-0.05, 0) is 41.4 Å². The number of para-hydroxylation sites is 1. The maximum atomic E-state index is 8.74. The number of benzene rings is 2. The van der Waals surface area contributed by atoms with Crippen LogP contribution in [0, 0.1) is 13.4 Å². The Morgan fingerprint density at radius 2 is 1.92 bits per heavy atom. The van der Waals surface area contributed by atoms with Gasteiger partial charge in [0.2, 0.25) is 0 Å². The molecule has 0 spiro atoms. The van der Waals surface area contributed by atoms with E-state index in [0.717, 1.165) is 0 Å². The Hall–Kier alpha value is -2.86. The molecule has 0 saturated heterocycles. The van der Waals surface area contributed by atoms with Crippen molar-refractivity contribution >= 4 is 5.69 Å². The number of nitrogens with zero attached hydrogens (tertiary/aromatic N) is 3. The predicted octanol–water partition coefficient (Wildman–Crippen LogP) is 6.65. The quantitative estimate of drug-likeness (QED) is 0.483. The molecule has 1 atom stereocenters. The molecule has 0 radical (unpaired) electrons. The van der Waals surface area contributed by atoms with Gasteiger partial charge in [-0.25, -0.2) is 9.83 Å². The summed E-state index contributed by atoms with van der Waals surface area (Å²) in [4.78, 5) is 7.77. The molecule has 3 rings (SSSR count). The van der Waals surface area contributed by atoms with Gasteiger partial charge in [0.05, 0.1) is 12.3 Å². The molecule has 1 heterocycles. The summed E-state index contributed by atoms with van der Waals surface area (Å²) in [6.45, 7) is 7.01. The van der Waals surface area contributed by atoms with Crippen LogP contribution < -0.4 is 0 Å². The van der Waals surface area contributed by atoms with Crippen LogP contribution >= 0.6 is 0 Å². The summed E-state index contributed by atoms with van der Waals surface area (Å²) in [5.41, 5.74) is 1.40. The van der Waals surface area contributed by atoms with E-state index in [0.29, 0.717) is 22.6 Å². The van der Waals surface area contributed by atoms with Crippen molar-refractivity contribution in [3.63, 3.8) is 0 Å². The minimum absolute atomic E-state index is 0.0331. The van der Waals surface area contributed by atoms with E-state index in [9.17, 15) is 0 Å². The molecule has 2 aromatic carbocycles. The lowest BCUT2D eigenvalue weighted by atomic mass is 9.92. The molecule has 1 aromatic heterocycles. The standard InChI is InChI=1S/C23H25N3/c1-15(2)19-8-7-9-20(16(3)4)22(19)26-13-12-25-23(26)18-11-10-17(5)21(14-18)24-6/h7-16H,1-5H3/i1D3,5D3,15D,16D. The fourth-order valence-corrected chi connectivity index (χ4v) is 2.97. The summed E-state index contributed by atoms with van der Waals surface area (Å²) < 4.78 is 65.9. The zero-order valence-corrected chi connectivity index (χ0v) is 15.0. The van der Waals surface area contributed by atoms with Crippen molar-refractivity contribution in [2.75, 3.05) is 0 Å². The Morgan fingerprint density at radius 1 is 1.15 bits per heavy atom. The fourth-order valence-electron chi connectivity index (χ4n) is 2.97. The van der Waals surface area contributed by atoms with E-state index in [-0.39, 0.29) is 16.8 Å². The Kier molecular flexibility index (Phi) is 2.85. The first-order valence-corrected chi connectivity index (χ1v) is 8.20. The minimum Gasteiger partial charge on any atom is -0.299 e. The molecule has 0 aliphatic heterocycles. The van der Waals surface area contributed by atoms with Crippen LogP contribution in [-0.4, -0.2) is 9.55 Å². The second-order valence-corrected chi connectivity index (χ2v) is 6.29. The summed E-state index contributed by atoms with van der Waals surface area (Å²) in [6, 6.07) is 9.27. The molecule has 26 heavy (non-hydrogen) atoms. The predicted molar refractivity (Wildman–Crippen MR) is 108 cm³/mol. The molecule has 3 nitrogen and oxygen atoms in total. The van der Waals surface area contributed by atoms with E-state index < -0.39 is 25.5 Å². The lowest BCUT2D eigenvalue weighted by Crippen LogP contribution is -2.07. The second-order valence-electron chi connectivity index (χ2n) is 6.29. The lowest BCUT2D eigenvalue weighted by molar-refractivity contribution is 0.807. The number of aromatic nitrogens is 2. The minimum atomic E-state index is -2.65. The number of imidazole rings is 1. The zero-order chi connectivity index (χ0) is 25.7. The van der Waals surface area contributed by atoms with Gasteiger partial charge >= 0.3 is 0 Å². The summed E-state index contributed by atoms with van der Waals surface area (Å²) in [7, 11) is 0. The highest BCUT2D eigenvalue weighted by atomic mass is 15.1. The molecular weight excluding hydrogens is 318 g/mol. The molecule has 1 unspecified atom stereocenters. The van der Waals surface area contributed by atoms with E-state index in [2.05, 4.69) is 9.83 Å². The topological polar surface area (TPSA) is 22.2 Å². The Labute approximate surface area is 167 Å². The lowest BCUT2D eigenvalue weighted by Gasteiger charge is -2.22. The Bertz CT molecular complexity index is 1250. The Balaban J connectivity index is 2.36. The smallest absolute Gasteiger partial charge is 0.190 e. The number of aryl methyl sites for hydroxylation is 1. The van der Waals surface area contributed by atoms with Gasteiger partial charge in [0, 0.05) is 28.9 Å². The average Bonchev–Trinajstić information content (AvgIpc) is 3.20. The highest BCUT2D eigenvalue weighted by Crippen LogP contribution is 2.34. The molecular formula is C23H25N3. The van der Waals surface area contributed by atoms with Crippen molar-refractivity contribution < 1.29 is 11.0 Å². The van der Waals surface area contributed by atoms with Crippen molar-refractivity contribution in [1.82, 2.24) is 9.55 Å². The third-order valence-electron chi connectivity index (χ3n) is 4.24. The van der Waals surface area contributed by atoms with E-state index in [1.165, 1.54) is 25.3 Å². The Morgan fingerprint density at radius 3 is 2.58 bits per heavy atom. The van der Waals surface area contributed by atoms with Gasteiger partial charge in [0.1, 0.15) is 5.82 Å². The highest BCUT2D eigenvalue weighted by Gasteiger charge is 2.18. The highest BCUT2D eigenvalue weighted by molar-refractivity contribution is 5.68. The van der Waals surface area contributed by atoms with Gasteiger partial charge in [-0.1, -0.05) is 58.0 Å². The molecule has 0 saturated carbocycles. The van der Waals surface area contributed by atoms with E-state index in [4.69, 9.17) is 17.5 Å². The third-order valence-corrected chi connectivity index (χ3v) is 4.24. The van der Waals surface area contributed by atoms with Crippen LogP contribution in [-0.2, 0) is 0 Å². The van der Waals surface area contributed by atoms with Crippen LogP contribution in [0.1, 0.15) is 67.1 Å². The van der Waals surface area contributed by atoms with Crippen LogP contribution in [0.25, 0.3) is 21.9 Å².